The van der Waals surface area contributed by atoms with Gasteiger partial charge in [0.15, 0.2) is 0 Å². The van der Waals surface area contributed by atoms with Crippen LogP contribution >= 0.6 is 0 Å². The zero-order chi connectivity index (χ0) is 18.2. The van der Waals surface area contributed by atoms with Crippen molar-refractivity contribution in [1.82, 2.24) is 0 Å². The van der Waals surface area contributed by atoms with Crippen LogP contribution in [0.1, 0.15) is 29.8 Å². The molecule has 0 bridgehead atoms. The molecule has 0 aromatic heterocycles. The molecule has 0 aliphatic rings. The Hall–Kier alpha value is -2.53. The summed E-state index contributed by atoms with van der Waals surface area (Å²) in [5.74, 6) is -0.0975. The Balaban J connectivity index is 2.12. The zero-order valence-electron chi connectivity index (χ0n) is 14.8. The van der Waals surface area contributed by atoms with E-state index in [4.69, 9.17) is 14.2 Å². The summed E-state index contributed by atoms with van der Waals surface area (Å²) in [5, 5.41) is 9.30. The number of carbonyl (C=O) groups is 1. The molecule has 0 aliphatic heterocycles. The third-order valence-corrected chi connectivity index (χ3v) is 3.57. The van der Waals surface area contributed by atoms with E-state index in [1.165, 1.54) is 12.1 Å². The molecule has 2 rings (SSSR count). The van der Waals surface area contributed by atoms with Gasteiger partial charge in [-0.2, -0.15) is 0 Å². The van der Waals surface area contributed by atoms with Crippen LogP contribution in [0.3, 0.4) is 0 Å². The van der Waals surface area contributed by atoms with Crippen LogP contribution in [-0.2, 0) is 11.2 Å². The fourth-order valence-corrected chi connectivity index (χ4v) is 2.55. The number of hydrogen-bond donors (Lipinski definition) is 1. The van der Waals surface area contributed by atoms with Crippen LogP contribution in [0.25, 0.3) is 0 Å². The summed E-state index contributed by atoms with van der Waals surface area (Å²) in [6, 6.07) is 14.7. The summed E-state index contributed by atoms with van der Waals surface area (Å²) in [7, 11) is 1.59. The van der Waals surface area contributed by atoms with Gasteiger partial charge < -0.3 is 19.3 Å². The van der Waals surface area contributed by atoms with Crippen LogP contribution in [0.5, 0.6) is 11.5 Å². The molecule has 25 heavy (non-hydrogen) atoms. The van der Waals surface area contributed by atoms with Crippen molar-refractivity contribution in [3.63, 3.8) is 0 Å². The Kier molecular flexibility index (Phi) is 6.83. The highest BCUT2D eigenvalue weighted by Gasteiger charge is 2.13. The van der Waals surface area contributed by atoms with Crippen molar-refractivity contribution in [3.8, 4) is 11.5 Å². The molecule has 0 heterocycles. The SMILES string of the molecule is COCC(C)Oc1cc(OC(C)Cc2ccccc2)cc(C(=O)O)c1. The number of methoxy groups -OCH3 is 1. The maximum atomic E-state index is 11.4. The first-order chi connectivity index (χ1) is 12.0. The van der Waals surface area contributed by atoms with Crippen LogP contribution < -0.4 is 9.47 Å². The maximum absolute atomic E-state index is 11.4. The lowest BCUT2D eigenvalue weighted by Gasteiger charge is -2.18. The first-order valence-electron chi connectivity index (χ1n) is 8.22. The molecule has 1 N–H and O–H groups in total. The molecule has 0 saturated heterocycles. The van der Waals surface area contributed by atoms with E-state index in [0.717, 1.165) is 12.0 Å². The van der Waals surface area contributed by atoms with Crippen molar-refractivity contribution in [2.45, 2.75) is 32.5 Å². The summed E-state index contributed by atoms with van der Waals surface area (Å²) in [6.07, 6.45) is 0.438. The van der Waals surface area contributed by atoms with Crippen LogP contribution in [0, 0.1) is 0 Å². The van der Waals surface area contributed by atoms with Crippen molar-refractivity contribution in [3.05, 3.63) is 59.7 Å². The lowest BCUT2D eigenvalue weighted by atomic mass is 10.1. The van der Waals surface area contributed by atoms with E-state index >= 15 is 0 Å². The molecule has 0 fully saturated rings. The number of carboxylic acids is 1. The summed E-state index contributed by atoms with van der Waals surface area (Å²) in [5.41, 5.74) is 1.29. The number of ether oxygens (including phenoxy) is 3. The van der Waals surface area contributed by atoms with Gasteiger partial charge in [-0.3, -0.25) is 0 Å². The number of aromatic carboxylic acids is 1. The molecule has 2 aromatic carbocycles. The average Bonchev–Trinajstić information content (AvgIpc) is 2.55. The summed E-state index contributed by atoms with van der Waals surface area (Å²) >= 11 is 0. The van der Waals surface area contributed by atoms with Gasteiger partial charge in [-0.25, -0.2) is 4.79 Å². The van der Waals surface area contributed by atoms with E-state index in [9.17, 15) is 9.90 Å². The first kappa shape index (κ1) is 18.8. The van der Waals surface area contributed by atoms with E-state index in [0.29, 0.717) is 18.1 Å². The number of benzene rings is 2. The highest BCUT2D eigenvalue weighted by Crippen LogP contribution is 2.25. The third-order valence-electron chi connectivity index (χ3n) is 3.57. The molecule has 0 spiro atoms. The van der Waals surface area contributed by atoms with Gasteiger partial charge in [0.25, 0.3) is 0 Å². The second kappa shape index (κ2) is 9.08. The molecule has 5 nitrogen and oxygen atoms in total. The molecular weight excluding hydrogens is 320 g/mol. The Morgan fingerprint density at radius 3 is 2.16 bits per heavy atom. The van der Waals surface area contributed by atoms with Crippen LogP contribution in [0.2, 0.25) is 0 Å². The maximum Gasteiger partial charge on any atom is 0.335 e. The summed E-state index contributed by atoms with van der Waals surface area (Å²) < 4.78 is 16.7. The van der Waals surface area contributed by atoms with E-state index < -0.39 is 5.97 Å². The van der Waals surface area contributed by atoms with E-state index in [2.05, 4.69) is 0 Å². The first-order valence-corrected chi connectivity index (χ1v) is 8.22. The van der Waals surface area contributed by atoms with Crippen LogP contribution in [-0.4, -0.2) is 37.0 Å². The van der Waals surface area contributed by atoms with Gasteiger partial charge in [-0.15, -0.1) is 0 Å². The van der Waals surface area contributed by atoms with Crippen LogP contribution in [0.15, 0.2) is 48.5 Å². The molecule has 5 heteroatoms. The monoisotopic (exact) mass is 344 g/mol. The summed E-state index contributed by atoms with van der Waals surface area (Å²) in [4.78, 5) is 11.4. The minimum Gasteiger partial charge on any atom is -0.490 e. The van der Waals surface area contributed by atoms with Gasteiger partial charge in [0, 0.05) is 19.6 Å². The fraction of sp³-hybridized carbons (Fsp3) is 0.350. The van der Waals surface area contributed by atoms with Gasteiger partial charge in [0.2, 0.25) is 0 Å². The van der Waals surface area contributed by atoms with Gasteiger partial charge >= 0.3 is 5.97 Å². The number of carboxylic acid groups (broad SMARTS) is 1. The topological polar surface area (TPSA) is 65.0 Å². The zero-order valence-corrected chi connectivity index (χ0v) is 14.8. The third kappa shape index (κ3) is 6.12. The van der Waals surface area contributed by atoms with Crippen molar-refractivity contribution in [2.24, 2.45) is 0 Å². The highest BCUT2D eigenvalue weighted by molar-refractivity contribution is 5.88. The molecular formula is C20H24O5. The Morgan fingerprint density at radius 2 is 1.60 bits per heavy atom. The fourth-order valence-electron chi connectivity index (χ4n) is 2.55. The largest absolute Gasteiger partial charge is 0.490 e. The molecule has 2 unspecified atom stereocenters. The standard InChI is InChI=1S/C20H24O5/c1-14(9-16-7-5-4-6-8-16)24-18-10-17(20(21)22)11-19(12-18)25-15(2)13-23-3/h4-8,10-12,14-15H,9,13H2,1-3H3,(H,21,22). The summed E-state index contributed by atoms with van der Waals surface area (Å²) in [6.45, 7) is 4.22. The van der Waals surface area contributed by atoms with Crippen molar-refractivity contribution < 1.29 is 24.1 Å². The van der Waals surface area contributed by atoms with Gasteiger partial charge in [-0.05, 0) is 31.5 Å². The van der Waals surface area contributed by atoms with Gasteiger partial charge in [0.1, 0.15) is 17.6 Å². The van der Waals surface area contributed by atoms with Crippen molar-refractivity contribution in [1.29, 1.82) is 0 Å². The van der Waals surface area contributed by atoms with E-state index in [-0.39, 0.29) is 17.8 Å². The molecule has 2 aromatic rings. The minimum absolute atomic E-state index is 0.101. The second-order valence-electron chi connectivity index (χ2n) is 6.00. The Morgan fingerprint density at radius 1 is 1.00 bits per heavy atom. The number of rotatable bonds is 9. The molecule has 0 amide bonds. The van der Waals surface area contributed by atoms with E-state index in [1.807, 2.05) is 44.2 Å². The average molecular weight is 344 g/mol. The molecule has 0 saturated carbocycles. The lowest BCUT2D eigenvalue weighted by molar-refractivity contribution is 0.0693. The lowest BCUT2D eigenvalue weighted by Crippen LogP contribution is -2.19. The number of hydrogen-bond acceptors (Lipinski definition) is 4. The minimum atomic E-state index is -1.02. The molecule has 0 radical (unpaired) electrons. The normalized spacial score (nSPS) is 13.1. The quantitative estimate of drug-likeness (QED) is 0.749. The molecule has 2 atom stereocenters. The van der Waals surface area contributed by atoms with Crippen LogP contribution in [0.4, 0.5) is 0 Å². The predicted octanol–water partition coefficient (Wildman–Crippen LogP) is 3.81. The molecule has 0 aliphatic carbocycles. The molecule has 134 valence electrons. The van der Waals surface area contributed by atoms with E-state index in [1.54, 1.807) is 13.2 Å². The van der Waals surface area contributed by atoms with Crippen molar-refractivity contribution in [2.75, 3.05) is 13.7 Å². The Labute approximate surface area is 148 Å². The van der Waals surface area contributed by atoms with Crippen molar-refractivity contribution >= 4 is 5.97 Å². The second-order valence-corrected chi connectivity index (χ2v) is 6.00. The van der Waals surface area contributed by atoms with Gasteiger partial charge in [0.05, 0.1) is 18.3 Å². The Bertz CT molecular complexity index is 684. The van der Waals surface area contributed by atoms with Gasteiger partial charge in [-0.1, -0.05) is 30.3 Å². The highest BCUT2D eigenvalue weighted by atomic mass is 16.5. The predicted molar refractivity (Wildman–Crippen MR) is 95.6 cm³/mol. The smallest absolute Gasteiger partial charge is 0.335 e.